The smallest absolute Gasteiger partial charge is 0.256 e. The molecule has 1 saturated heterocycles. The summed E-state index contributed by atoms with van der Waals surface area (Å²) in [4.78, 5) is 39.1. The molecule has 304 valence electrons. The van der Waals surface area contributed by atoms with E-state index in [-0.39, 0.29) is 30.7 Å². The normalized spacial score (nSPS) is 16.4. The number of hydrogen-bond donors (Lipinski definition) is 3. The van der Waals surface area contributed by atoms with Gasteiger partial charge in [0.2, 0.25) is 5.91 Å². The maximum Gasteiger partial charge on any atom is 0.256 e. The quantitative estimate of drug-likeness (QED) is 0.0964. The lowest BCUT2D eigenvalue weighted by Crippen LogP contribution is -2.38. The van der Waals surface area contributed by atoms with Crippen LogP contribution in [0.4, 0.5) is 5.82 Å². The summed E-state index contributed by atoms with van der Waals surface area (Å²) in [6, 6.07) is 41.9. The molecule has 3 unspecified atom stereocenters. The Labute approximate surface area is 347 Å². The molecule has 13 heteroatoms. The summed E-state index contributed by atoms with van der Waals surface area (Å²) in [6.07, 6.45) is 1.22. The molecule has 0 spiro atoms. The second-order valence-electron chi connectivity index (χ2n) is 14.4. The molecule has 60 heavy (non-hydrogen) atoms. The molecular weight excluding hydrogens is 761 g/mol. The molecule has 3 N–H and O–H groups in total. The third-order valence-corrected chi connectivity index (χ3v) is 10.7. The number of benzene rings is 5. The van der Waals surface area contributed by atoms with Crippen molar-refractivity contribution in [1.82, 2.24) is 24.8 Å². The van der Waals surface area contributed by atoms with Gasteiger partial charge in [0.05, 0.1) is 39.7 Å². The Hall–Kier alpha value is -6.93. The molecule has 8 rings (SSSR count). The number of carbonyl (C=O) groups is 2. The van der Waals surface area contributed by atoms with Gasteiger partial charge in [0.15, 0.2) is 17.0 Å². The van der Waals surface area contributed by atoms with E-state index in [0.717, 1.165) is 27.8 Å². The minimum atomic E-state index is -1.10. The number of nitrogens with one attached hydrogen (secondary N) is 2. The fourth-order valence-corrected chi connectivity index (χ4v) is 7.47. The summed E-state index contributed by atoms with van der Waals surface area (Å²) in [5.74, 6) is 1.17. The molecule has 5 aromatic carbocycles. The molecule has 0 radical (unpaired) electrons. The van der Waals surface area contributed by atoms with Gasteiger partial charge in [-0.05, 0) is 64.2 Å². The summed E-state index contributed by atoms with van der Waals surface area (Å²) in [6.45, 7) is 0.369. The first-order valence-corrected chi connectivity index (χ1v) is 19.5. The van der Waals surface area contributed by atoms with Crippen LogP contribution < -0.4 is 20.1 Å². The van der Waals surface area contributed by atoms with Gasteiger partial charge in [0, 0.05) is 18.5 Å². The zero-order valence-electron chi connectivity index (χ0n) is 33.1. The number of fused-ring (bicyclic) bond motifs is 1. The van der Waals surface area contributed by atoms with Crippen LogP contribution in [0.15, 0.2) is 146 Å². The number of hydrogen-bond acceptors (Lipinski definition) is 10. The van der Waals surface area contributed by atoms with Crippen molar-refractivity contribution in [2.45, 2.75) is 43.4 Å². The highest BCUT2D eigenvalue weighted by atomic mass is 16.6. The van der Waals surface area contributed by atoms with E-state index in [0.29, 0.717) is 41.2 Å². The van der Waals surface area contributed by atoms with Crippen molar-refractivity contribution in [3.63, 3.8) is 0 Å². The third-order valence-electron chi connectivity index (χ3n) is 10.7. The van der Waals surface area contributed by atoms with E-state index in [1.54, 1.807) is 49.4 Å². The van der Waals surface area contributed by atoms with Crippen molar-refractivity contribution in [3.8, 4) is 11.5 Å². The predicted molar refractivity (Wildman–Crippen MR) is 225 cm³/mol. The largest absolute Gasteiger partial charge is 0.497 e. The number of amides is 2. The summed E-state index contributed by atoms with van der Waals surface area (Å²) >= 11 is 0. The van der Waals surface area contributed by atoms with E-state index in [9.17, 15) is 14.7 Å². The number of aromatic nitrogens is 4. The Morgan fingerprint density at radius 2 is 1.38 bits per heavy atom. The zero-order valence-corrected chi connectivity index (χ0v) is 33.1. The van der Waals surface area contributed by atoms with Gasteiger partial charge in [0.1, 0.15) is 35.8 Å². The van der Waals surface area contributed by atoms with Gasteiger partial charge in [-0.15, -0.1) is 0 Å². The molecule has 0 bridgehead atoms. The Kier molecular flexibility index (Phi) is 11.9. The first kappa shape index (κ1) is 39.9. The van der Waals surface area contributed by atoms with Crippen molar-refractivity contribution in [3.05, 3.63) is 179 Å². The lowest BCUT2D eigenvalue weighted by atomic mass is 9.80. The average Bonchev–Trinajstić information content (AvgIpc) is 3.90. The van der Waals surface area contributed by atoms with Crippen LogP contribution in [-0.2, 0) is 32.8 Å². The lowest BCUT2D eigenvalue weighted by Gasteiger charge is -2.37. The van der Waals surface area contributed by atoms with Crippen molar-refractivity contribution in [2.75, 3.05) is 26.1 Å². The summed E-state index contributed by atoms with van der Waals surface area (Å²) in [7, 11) is 3.25. The molecular formula is C47H44N6O7. The van der Waals surface area contributed by atoms with Gasteiger partial charge in [-0.1, -0.05) is 97.1 Å². The standard InChI is InChI=1S/C47H44N6O7/c1-57-37-21-17-35(18-22-37)47(34-11-7-4-8-12-34,36-19-23-38(58-2)24-20-36)59-28-40-39(54)26-42(60-40)53-30-51-43-44(49-29-50-45(43)53)52-46(56)33-15-13-32(14-16-33)27-48-41(55)25-31-9-5-3-6-10-31/h3-24,29-30,39-40,42,54H,25-28H2,1-2H3,(H,48,55)(H,49,50,52,56). The third kappa shape index (κ3) is 8.45. The summed E-state index contributed by atoms with van der Waals surface area (Å²) in [5.41, 5.74) is 4.48. The van der Waals surface area contributed by atoms with E-state index < -0.39 is 24.0 Å². The highest BCUT2D eigenvalue weighted by Crippen LogP contribution is 2.43. The Bertz CT molecular complexity index is 2490. The van der Waals surface area contributed by atoms with Crippen molar-refractivity contribution in [2.24, 2.45) is 0 Å². The van der Waals surface area contributed by atoms with Gasteiger partial charge in [-0.25, -0.2) is 15.0 Å². The lowest BCUT2D eigenvalue weighted by molar-refractivity contribution is -0.120. The highest BCUT2D eigenvalue weighted by Gasteiger charge is 2.42. The highest BCUT2D eigenvalue weighted by molar-refractivity contribution is 6.06. The molecule has 2 aromatic heterocycles. The SMILES string of the molecule is COc1ccc(C(OCC2OC(n3cnc4c(NC(=O)c5ccc(CNC(=O)Cc6ccccc6)cc5)ncnc43)CC2O)(c2ccccc2)c2ccc(OC)cc2)cc1. The summed E-state index contributed by atoms with van der Waals surface area (Å²) in [5, 5.41) is 17.2. The minimum absolute atomic E-state index is 0.0341. The summed E-state index contributed by atoms with van der Waals surface area (Å²) < 4.78 is 26.2. The predicted octanol–water partition coefficient (Wildman–Crippen LogP) is 6.61. The maximum atomic E-state index is 13.4. The van der Waals surface area contributed by atoms with E-state index in [1.165, 1.54) is 6.33 Å². The zero-order chi connectivity index (χ0) is 41.5. The Morgan fingerprint density at radius 1 is 0.767 bits per heavy atom. The molecule has 2 amide bonds. The fraction of sp³-hybridized carbons (Fsp3) is 0.213. The molecule has 0 saturated carbocycles. The minimum Gasteiger partial charge on any atom is -0.497 e. The molecule has 0 aliphatic carbocycles. The first-order valence-electron chi connectivity index (χ1n) is 19.5. The van der Waals surface area contributed by atoms with E-state index in [4.69, 9.17) is 18.9 Å². The van der Waals surface area contributed by atoms with Crippen LogP contribution in [0.3, 0.4) is 0 Å². The Balaban J connectivity index is 0.968. The number of methoxy groups -OCH3 is 2. The van der Waals surface area contributed by atoms with Crippen molar-refractivity contribution < 1.29 is 33.6 Å². The Morgan fingerprint density at radius 3 is 2.02 bits per heavy atom. The van der Waals surface area contributed by atoms with Gasteiger partial charge >= 0.3 is 0 Å². The second kappa shape index (κ2) is 17.9. The topological polar surface area (TPSA) is 159 Å². The molecule has 1 aliphatic heterocycles. The molecule has 1 fully saturated rings. The van der Waals surface area contributed by atoms with Gasteiger partial charge in [-0.3, -0.25) is 14.2 Å². The van der Waals surface area contributed by atoms with Gasteiger partial charge < -0.3 is 34.7 Å². The van der Waals surface area contributed by atoms with Gasteiger partial charge in [-0.2, -0.15) is 0 Å². The number of rotatable bonds is 15. The molecule has 3 heterocycles. The number of carbonyl (C=O) groups excluding carboxylic acids is 2. The number of imidazole rings is 1. The molecule has 7 aromatic rings. The average molecular weight is 805 g/mol. The van der Waals surface area contributed by atoms with Crippen LogP contribution in [0.2, 0.25) is 0 Å². The van der Waals surface area contributed by atoms with Crippen LogP contribution in [-0.4, -0.2) is 69.5 Å². The van der Waals surface area contributed by atoms with E-state index in [2.05, 4.69) is 25.6 Å². The van der Waals surface area contributed by atoms with Crippen LogP contribution >= 0.6 is 0 Å². The molecule has 3 atom stereocenters. The van der Waals surface area contributed by atoms with Crippen molar-refractivity contribution in [1.29, 1.82) is 0 Å². The number of ether oxygens (including phenoxy) is 4. The fourth-order valence-electron chi connectivity index (χ4n) is 7.47. The molecule has 1 aliphatic rings. The van der Waals surface area contributed by atoms with Crippen LogP contribution in [0.5, 0.6) is 11.5 Å². The van der Waals surface area contributed by atoms with Gasteiger partial charge in [0.25, 0.3) is 5.91 Å². The van der Waals surface area contributed by atoms with Crippen LogP contribution in [0.1, 0.15) is 50.8 Å². The van der Waals surface area contributed by atoms with Crippen LogP contribution in [0, 0.1) is 0 Å². The number of nitrogens with zero attached hydrogens (tertiary/aromatic N) is 4. The van der Waals surface area contributed by atoms with E-state index >= 15 is 0 Å². The van der Waals surface area contributed by atoms with Crippen LogP contribution in [0.25, 0.3) is 11.2 Å². The molecule has 13 nitrogen and oxygen atoms in total. The maximum absolute atomic E-state index is 13.4. The second-order valence-corrected chi connectivity index (χ2v) is 14.4. The number of aliphatic hydroxyl groups is 1. The number of aliphatic hydroxyl groups excluding tert-OH is 1. The van der Waals surface area contributed by atoms with E-state index in [1.807, 2.05) is 109 Å². The monoisotopic (exact) mass is 804 g/mol. The van der Waals surface area contributed by atoms with Crippen molar-refractivity contribution >= 4 is 28.8 Å². The number of anilines is 1. The first-order chi connectivity index (χ1) is 29.3.